The lowest BCUT2D eigenvalue weighted by molar-refractivity contribution is 0.0998. The third kappa shape index (κ3) is 2.94. The van der Waals surface area contributed by atoms with Crippen LogP contribution in [-0.2, 0) is 0 Å². The summed E-state index contributed by atoms with van der Waals surface area (Å²) in [4.78, 5) is 11.2. The van der Waals surface area contributed by atoms with Gasteiger partial charge in [0.1, 0.15) is 5.75 Å². The molecule has 2 rings (SSSR count). The molecule has 1 amide bonds. The summed E-state index contributed by atoms with van der Waals surface area (Å²) in [5.74, 6) is 0.861. The average Bonchev–Trinajstić information content (AvgIpc) is 2.31. The highest BCUT2D eigenvalue weighted by atomic mass is 16.5. The summed E-state index contributed by atoms with van der Waals surface area (Å²) in [7, 11) is 0. The molecule has 0 aliphatic heterocycles. The molecule has 1 saturated carbocycles. The van der Waals surface area contributed by atoms with Gasteiger partial charge in [-0.2, -0.15) is 0 Å². The van der Waals surface area contributed by atoms with Crippen molar-refractivity contribution in [2.75, 3.05) is 5.73 Å². The van der Waals surface area contributed by atoms with E-state index >= 15 is 0 Å². The Labute approximate surface area is 107 Å². The fourth-order valence-electron chi connectivity index (χ4n) is 2.50. The molecule has 0 bridgehead atoms. The maximum absolute atomic E-state index is 11.2. The van der Waals surface area contributed by atoms with Crippen molar-refractivity contribution in [3.8, 4) is 5.75 Å². The number of nitrogen functional groups attached to an aromatic ring is 1. The fourth-order valence-corrected chi connectivity index (χ4v) is 2.50. The van der Waals surface area contributed by atoms with Crippen molar-refractivity contribution in [2.45, 2.75) is 38.7 Å². The number of anilines is 1. The Morgan fingerprint density at radius 2 is 2.17 bits per heavy atom. The number of rotatable bonds is 3. The first-order valence-corrected chi connectivity index (χ1v) is 6.42. The Hall–Kier alpha value is -1.71. The molecule has 0 aromatic heterocycles. The molecule has 1 aromatic carbocycles. The second-order valence-corrected chi connectivity index (χ2v) is 5.12. The minimum atomic E-state index is -0.519. The molecule has 4 heteroatoms. The van der Waals surface area contributed by atoms with Gasteiger partial charge in [0.05, 0.1) is 11.7 Å². The highest BCUT2D eigenvalue weighted by Gasteiger charge is 2.20. The molecule has 0 radical (unpaired) electrons. The van der Waals surface area contributed by atoms with Gasteiger partial charge in [0.2, 0.25) is 0 Å². The van der Waals surface area contributed by atoms with Crippen LogP contribution in [0, 0.1) is 5.92 Å². The quantitative estimate of drug-likeness (QED) is 0.806. The Bertz CT molecular complexity index is 445. The minimum absolute atomic E-state index is 0.234. The Morgan fingerprint density at radius 1 is 1.39 bits per heavy atom. The van der Waals surface area contributed by atoms with E-state index in [4.69, 9.17) is 16.2 Å². The molecule has 1 aliphatic rings. The van der Waals surface area contributed by atoms with Crippen LogP contribution in [0.1, 0.15) is 43.0 Å². The summed E-state index contributed by atoms with van der Waals surface area (Å²) in [6.07, 6.45) is 4.84. The van der Waals surface area contributed by atoms with Crippen molar-refractivity contribution >= 4 is 11.6 Å². The molecule has 2 unspecified atom stereocenters. The number of primary amides is 1. The molecule has 0 saturated heterocycles. The zero-order valence-electron chi connectivity index (χ0n) is 10.7. The number of hydrogen-bond donors (Lipinski definition) is 2. The van der Waals surface area contributed by atoms with Gasteiger partial charge in [0.15, 0.2) is 0 Å². The van der Waals surface area contributed by atoms with Crippen molar-refractivity contribution in [1.29, 1.82) is 0 Å². The van der Waals surface area contributed by atoms with E-state index in [0.29, 0.717) is 22.9 Å². The number of hydrogen-bond acceptors (Lipinski definition) is 3. The third-order valence-electron chi connectivity index (χ3n) is 3.48. The zero-order chi connectivity index (χ0) is 13.1. The van der Waals surface area contributed by atoms with Crippen LogP contribution < -0.4 is 16.2 Å². The first-order valence-electron chi connectivity index (χ1n) is 6.42. The van der Waals surface area contributed by atoms with E-state index in [2.05, 4.69) is 6.92 Å². The number of carbonyl (C=O) groups is 1. The molecule has 18 heavy (non-hydrogen) atoms. The van der Waals surface area contributed by atoms with Crippen molar-refractivity contribution in [3.05, 3.63) is 23.8 Å². The van der Waals surface area contributed by atoms with Crippen molar-refractivity contribution in [2.24, 2.45) is 11.7 Å². The second kappa shape index (κ2) is 5.29. The normalized spacial score (nSPS) is 23.6. The highest BCUT2D eigenvalue weighted by molar-refractivity contribution is 5.98. The van der Waals surface area contributed by atoms with Gasteiger partial charge >= 0.3 is 0 Å². The van der Waals surface area contributed by atoms with Gasteiger partial charge in [-0.1, -0.05) is 13.3 Å². The molecule has 2 atom stereocenters. The van der Waals surface area contributed by atoms with Crippen LogP contribution in [0.4, 0.5) is 5.69 Å². The lowest BCUT2D eigenvalue weighted by Gasteiger charge is -2.27. The molecule has 0 spiro atoms. The predicted octanol–water partition coefficient (Wildman–Crippen LogP) is 2.33. The van der Waals surface area contributed by atoms with Crippen LogP contribution in [0.3, 0.4) is 0 Å². The first-order chi connectivity index (χ1) is 8.56. The molecule has 4 nitrogen and oxygen atoms in total. The van der Waals surface area contributed by atoms with Crippen LogP contribution in [-0.4, -0.2) is 12.0 Å². The predicted molar refractivity (Wildman–Crippen MR) is 71.4 cm³/mol. The number of amides is 1. The minimum Gasteiger partial charge on any atom is -0.490 e. The Balaban J connectivity index is 2.09. The van der Waals surface area contributed by atoms with Crippen molar-refractivity contribution in [3.63, 3.8) is 0 Å². The summed E-state index contributed by atoms with van der Waals surface area (Å²) in [5.41, 5.74) is 11.7. The highest BCUT2D eigenvalue weighted by Crippen LogP contribution is 2.28. The van der Waals surface area contributed by atoms with Gasteiger partial charge in [0, 0.05) is 5.69 Å². The van der Waals surface area contributed by atoms with Gasteiger partial charge in [-0.15, -0.1) is 0 Å². The van der Waals surface area contributed by atoms with E-state index in [1.807, 2.05) is 0 Å². The monoisotopic (exact) mass is 248 g/mol. The molecule has 4 N–H and O–H groups in total. The molecule has 1 aromatic rings. The van der Waals surface area contributed by atoms with Crippen LogP contribution in [0.15, 0.2) is 18.2 Å². The van der Waals surface area contributed by atoms with Gasteiger partial charge < -0.3 is 16.2 Å². The van der Waals surface area contributed by atoms with Gasteiger partial charge in [-0.05, 0) is 43.4 Å². The lowest BCUT2D eigenvalue weighted by atomic mass is 9.89. The Kier molecular flexibility index (Phi) is 3.75. The van der Waals surface area contributed by atoms with Gasteiger partial charge in [0.25, 0.3) is 5.91 Å². The number of nitrogens with two attached hydrogens (primary N) is 2. The van der Waals surface area contributed by atoms with Gasteiger partial charge in [-0.3, -0.25) is 4.79 Å². The lowest BCUT2D eigenvalue weighted by Crippen LogP contribution is -2.24. The van der Waals surface area contributed by atoms with Crippen molar-refractivity contribution < 1.29 is 9.53 Å². The van der Waals surface area contributed by atoms with Crippen LogP contribution >= 0.6 is 0 Å². The first kappa shape index (κ1) is 12.7. The molecular weight excluding hydrogens is 228 g/mol. The summed E-state index contributed by atoms with van der Waals surface area (Å²) in [6.45, 7) is 2.24. The molecule has 98 valence electrons. The summed E-state index contributed by atoms with van der Waals surface area (Å²) < 4.78 is 5.91. The maximum atomic E-state index is 11.2. The number of carbonyl (C=O) groups excluding carboxylic acids is 1. The standard InChI is InChI=1S/C14H20N2O2/c1-9-3-2-4-10(7-9)18-11-5-6-13(15)12(8-11)14(16)17/h5-6,8-10H,2-4,7,15H2,1H3,(H2,16,17). The van der Waals surface area contributed by atoms with E-state index in [9.17, 15) is 4.79 Å². The zero-order valence-corrected chi connectivity index (χ0v) is 10.7. The van der Waals surface area contributed by atoms with E-state index in [1.54, 1.807) is 18.2 Å². The SMILES string of the molecule is CC1CCCC(Oc2ccc(N)c(C(N)=O)c2)C1. The Morgan fingerprint density at radius 3 is 2.83 bits per heavy atom. The van der Waals surface area contributed by atoms with Crippen LogP contribution in [0.25, 0.3) is 0 Å². The number of ether oxygens (including phenoxy) is 1. The van der Waals surface area contributed by atoms with Crippen LogP contribution in [0.2, 0.25) is 0 Å². The molecule has 0 heterocycles. The van der Waals surface area contributed by atoms with Crippen LogP contribution in [0.5, 0.6) is 5.75 Å². The maximum Gasteiger partial charge on any atom is 0.250 e. The summed E-state index contributed by atoms with van der Waals surface area (Å²) in [6, 6.07) is 5.10. The fraction of sp³-hybridized carbons (Fsp3) is 0.500. The smallest absolute Gasteiger partial charge is 0.250 e. The average molecular weight is 248 g/mol. The summed E-state index contributed by atoms with van der Waals surface area (Å²) in [5, 5.41) is 0. The van der Waals surface area contributed by atoms with E-state index in [-0.39, 0.29) is 6.10 Å². The molecule has 1 aliphatic carbocycles. The molecule has 1 fully saturated rings. The third-order valence-corrected chi connectivity index (χ3v) is 3.48. The molecular formula is C14H20N2O2. The van der Waals surface area contributed by atoms with E-state index < -0.39 is 5.91 Å². The van der Waals surface area contributed by atoms with Crippen molar-refractivity contribution in [1.82, 2.24) is 0 Å². The largest absolute Gasteiger partial charge is 0.490 e. The topological polar surface area (TPSA) is 78.3 Å². The number of benzene rings is 1. The second-order valence-electron chi connectivity index (χ2n) is 5.12. The van der Waals surface area contributed by atoms with E-state index in [0.717, 1.165) is 12.8 Å². The van der Waals surface area contributed by atoms with Gasteiger partial charge in [-0.25, -0.2) is 0 Å². The van der Waals surface area contributed by atoms with E-state index in [1.165, 1.54) is 12.8 Å². The summed E-state index contributed by atoms with van der Waals surface area (Å²) >= 11 is 0.